The van der Waals surface area contributed by atoms with E-state index in [2.05, 4.69) is 120 Å². The van der Waals surface area contributed by atoms with E-state index in [9.17, 15) is 0 Å². The molecule has 0 amide bonds. The number of benzene rings is 3. The van der Waals surface area contributed by atoms with Crippen LogP contribution in [-0.4, -0.2) is 78.1 Å². The minimum absolute atomic E-state index is 0.648. The van der Waals surface area contributed by atoms with Crippen molar-refractivity contribution >= 4 is 17.0 Å². The summed E-state index contributed by atoms with van der Waals surface area (Å²) in [6.45, 7) is 6.24. The minimum atomic E-state index is 0.648. The fraction of sp³-hybridized carbons (Fsp3) is 0.297. The predicted octanol–water partition coefficient (Wildman–Crippen LogP) is 6.23. The molecule has 2 aliphatic rings. The van der Waals surface area contributed by atoms with Crippen LogP contribution < -0.4 is 4.90 Å². The van der Waals surface area contributed by atoms with Crippen LogP contribution in [0.1, 0.15) is 17.5 Å². The van der Waals surface area contributed by atoms with E-state index in [-0.39, 0.29) is 0 Å². The first-order valence-corrected chi connectivity index (χ1v) is 15.5. The van der Waals surface area contributed by atoms with Crippen LogP contribution in [0.5, 0.6) is 0 Å². The molecule has 0 N–H and O–H groups in total. The first kappa shape index (κ1) is 27.7. The lowest BCUT2D eigenvalue weighted by Crippen LogP contribution is -2.48. The van der Waals surface area contributed by atoms with Gasteiger partial charge in [0, 0.05) is 56.3 Å². The second-order valence-electron chi connectivity index (χ2n) is 12.1. The molecule has 7 rings (SSSR count). The zero-order valence-corrected chi connectivity index (χ0v) is 25.2. The van der Waals surface area contributed by atoms with Gasteiger partial charge in [-0.2, -0.15) is 0 Å². The molecule has 3 aromatic carbocycles. The van der Waals surface area contributed by atoms with Crippen LogP contribution in [-0.2, 0) is 6.42 Å². The maximum absolute atomic E-state index is 5.16. The van der Waals surface area contributed by atoms with Crippen LogP contribution in [0.15, 0.2) is 97.1 Å². The number of nitrogens with zero attached hydrogens (tertiary/aromatic N) is 6. The highest BCUT2D eigenvalue weighted by Crippen LogP contribution is 2.48. The number of aromatic nitrogens is 3. The number of fused-ring (bicyclic) bond motifs is 1. The van der Waals surface area contributed by atoms with Gasteiger partial charge in [0.1, 0.15) is 11.3 Å². The van der Waals surface area contributed by atoms with Crippen molar-refractivity contribution in [3.63, 3.8) is 0 Å². The number of hydrogen-bond acceptors (Lipinski definition) is 6. The summed E-state index contributed by atoms with van der Waals surface area (Å²) in [7, 11) is 4.27. The smallest absolute Gasteiger partial charge is 0.180 e. The van der Waals surface area contributed by atoms with Crippen molar-refractivity contribution in [1.82, 2.24) is 24.8 Å². The fourth-order valence-electron chi connectivity index (χ4n) is 6.15. The van der Waals surface area contributed by atoms with E-state index in [1.54, 1.807) is 5.92 Å². The van der Waals surface area contributed by atoms with E-state index in [0.29, 0.717) is 11.6 Å². The van der Waals surface area contributed by atoms with E-state index in [1.165, 1.54) is 17.5 Å². The number of pyridine rings is 1. The molecule has 1 saturated carbocycles. The number of rotatable bonds is 9. The Balaban J connectivity index is 1.13. The van der Waals surface area contributed by atoms with E-state index in [4.69, 9.17) is 15.0 Å². The molecular weight excluding hydrogens is 528 g/mol. The van der Waals surface area contributed by atoms with Crippen LogP contribution in [0.4, 0.5) is 5.82 Å². The fourth-order valence-corrected chi connectivity index (χ4v) is 6.15. The number of likely N-dealkylation sites (N-methyl/N-ethyl adjacent to an activating group) is 1. The zero-order chi connectivity index (χ0) is 29.2. The first-order valence-electron chi connectivity index (χ1n) is 15.5. The van der Waals surface area contributed by atoms with Crippen molar-refractivity contribution in [3.8, 4) is 22.5 Å². The third kappa shape index (κ3) is 6.31. The molecule has 5 aromatic rings. The summed E-state index contributed by atoms with van der Waals surface area (Å²) in [6.07, 6.45) is 2.30. The van der Waals surface area contributed by atoms with E-state index in [0.717, 1.165) is 79.5 Å². The maximum Gasteiger partial charge on any atom is 0.180 e. The van der Waals surface area contributed by atoms with Crippen LogP contribution in [0.2, 0.25) is 0 Å². The second-order valence-corrected chi connectivity index (χ2v) is 12.1. The van der Waals surface area contributed by atoms with Gasteiger partial charge < -0.3 is 9.80 Å². The lowest BCUT2D eigenvalue weighted by molar-refractivity contribution is 0.229. The van der Waals surface area contributed by atoms with Crippen molar-refractivity contribution in [2.45, 2.75) is 12.8 Å². The Labute approximate surface area is 255 Å². The van der Waals surface area contributed by atoms with Gasteiger partial charge in [0.25, 0.3) is 0 Å². The summed E-state index contributed by atoms with van der Waals surface area (Å²) < 4.78 is 0. The maximum atomic E-state index is 5.16. The lowest BCUT2D eigenvalue weighted by Gasteiger charge is -2.35. The number of piperazine rings is 1. The highest BCUT2D eigenvalue weighted by Gasteiger charge is 2.38. The van der Waals surface area contributed by atoms with E-state index in [1.807, 2.05) is 6.07 Å². The summed E-state index contributed by atoms with van der Waals surface area (Å²) in [4.78, 5) is 22.5. The lowest BCUT2D eigenvalue weighted by atomic mass is 10.00. The molecule has 1 atom stereocenters. The summed E-state index contributed by atoms with van der Waals surface area (Å²) in [5.41, 5.74) is 8.18. The second kappa shape index (κ2) is 12.2. The molecule has 3 heterocycles. The van der Waals surface area contributed by atoms with Crippen LogP contribution in [0.25, 0.3) is 33.7 Å². The highest BCUT2D eigenvalue weighted by molar-refractivity contribution is 5.85. The summed E-state index contributed by atoms with van der Waals surface area (Å²) in [5.74, 6) is 3.19. The van der Waals surface area contributed by atoms with E-state index < -0.39 is 0 Å². The Hall–Kier alpha value is -4.13. The van der Waals surface area contributed by atoms with Gasteiger partial charge >= 0.3 is 0 Å². The van der Waals surface area contributed by atoms with Crippen LogP contribution in [0.3, 0.4) is 0 Å². The van der Waals surface area contributed by atoms with Gasteiger partial charge in [0.2, 0.25) is 0 Å². The topological polar surface area (TPSA) is 48.4 Å². The number of anilines is 1. The largest absolute Gasteiger partial charge is 0.354 e. The number of hydrogen-bond donors (Lipinski definition) is 0. The molecule has 1 aliphatic heterocycles. The molecule has 6 nitrogen and oxygen atoms in total. The molecule has 1 aliphatic carbocycles. The Bertz CT molecular complexity index is 1660. The molecule has 1 unspecified atom stereocenters. The Kier molecular flexibility index (Phi) is 7.88. The molecule has 0 spiro atoms. The van der Waals surface area contributed by atoms with Gasteiger partial charge in [0.05, 0.1) is 11.4 Å². The molecule has 2 aromatic heterocycles. The predicted molar refractivity (Wildman–Crippen MR) is 176 cm³/mol. The van der Waals surface area contributed by atoms with Gasteiger partial charge in [-0.3, -0.25) is 4.90 Å². The van der Waals surface area contributed by atoms with Crippen molar-refractivity contribution < 1.29 is 0 Å². The SMILES string of the molecule is CN(C)CCN1CCN(c2ccc3nc(-c4ccc([C]5CC5Cc5ccccc5)cc4)c(-c4ccccc4)nc3n2)CC1. The average Bonchev–Trinajstić information content (AvgIpc) is 3.83. The summed E-state index contributed by atoms with van der Waals surface area (Å²) in [6, 6.07) is 34.3. The van der Waals surface area contributed by atoms with Crippen LogP contribution >= 0.6 is 0 Å². The zero-order valence-electron chi connectivity index (χ0n) is 25.2. The standard InChI is InChI=1S/C37H39N6/c1-41(2)19-20-42-21-23-43(24-22-42)34-18-17-33-37(39-34)40-36(29-11-7-4-8-12-29)35(38-33)30-15-13-28(14-16-30)32-26-31(32)25-27-9-5-3-6-10-27/h3-18,31H,19-26H2,1-2H3. The van der Waals surface area contributed by atoms with Gasteiger partial charge in [0.15, 0.2) is 5.65 Å². The third-order valence-electron chi connectivity index (χ3n) is 8.77. The van der Waals surface area contributed by atoms with Crippen molar-refractivity contribution in [2.24, 2.45) is 5.92 Å². The Morgan fingerprint density at radius 2 is 1.33 bits per heavy atom. The Morgan fingerprint density at radius 3 is 2.05 bits per heavy atom. The molecular formula is C37H39N6. The van der Waals surface area contributed by atoms with Gasteiger partial charge in [-0.1, -0.05) is 84.9 Å². The molecule has 6 heteroatoms. The summed E-state index contributed by atoms with van der Waals surface area (Å²) in [5, 5.41) is 0. The van der Waals surface area contributed by atoms with Gasteiger partial charge in [-0.15, -0.1) is 0 Å². The minimum Gasteiger partial charge on any atom is -0.354 e. The summed E-state index contributed by atoms with van der Waals surface area (Å²) >= 11 is 0. The first-order chi connectivity index (χ1) is 21.1. The molecule has 1 radical (unpaired) electrons. The van der Waals surface area contributed by atoms with Gasteiger partial charge in [-0.05, 0) is 56.1 Å². The average molecular weight is 568 g/mol. The highest BCUT2D eigenvalue weighted by atomic mass is 15.3. The normalized spacial score (nSPS) is 17.6. The third-order valence-corrected chi connectivity index (χ3v) is 8.77. The molecule has 217 valence electrons. The molecule has 2 fully saturated rings. The van der Waals surface area contributed by atoms with Crippen molar-refractivity contribution in [1.29, 1.82) is 0 Å². The quantitative estimate of drug-likeness (QED) is 0.211. The van der Waals surface area contributed by atoms with Crippen molar-refractivity contribution in [2.75, 3.05) is 58.3 Å². The van der Waals surface area contributed by atoms with Crippen LogP contribution in [0, 0.1) is 11.8 Å². The molecule has 43 heavy (non-hydrogen) atoms. The monoisotopic (exact) mass is 567 g/mol. The Morgan fingerprint density at radius 1 is 0.674 bits per heavy atom. The molecule has 1 saturated heterocycles. The molecule has 0 bridgehead atoms. The van der Waals surface area contributed by atoms with Gasteiger partial charge in [-0.25, -0.2) is 15.0 Å². The van der Waals surface area contributed by atoms with Crippen molar-refractivity contribution in [3.05, 3.63) is 114 Å². The van der Waals surface area contributed by atoms with E-state index >= 15 is 0 Å².